The number of aromatic nitrogens is 1. The van der Waals surface area contributed by atoms with Crippen molar-refractivity contribution in [3.63, 3.8) is 0 Å². The van der Waals surface area contributed by atoms with Gasteiger partial charge in [0.2, 0.25) is 5.91 Å². The molecule has 1 fully saturated rings. The minimum Gasteiger partial charge on any atom is -0.480 e. The quantitative estimate of drug-likeness (QED) is 0.690. The molecule has 3 N–H and O–H groups in total. The molecule has 156 valence electrons. The molecule has 3 amide bonds. The van der Waals surface area contributed by atoms with Crippen LogP contribution >= 0.6 is 0 Å². The Kier molecular flexibility index (Phi) is 6.41. The van der Waals surface area contributed by atoms with E-state index in [9.17, 15) is 19.5 Å². The monoisotopic (exact) mass is 400 g/mol. The summed E-state index contributed by atoms with van der Waals surface area (Å²) in [6, 6.07) is 6.71. The zero-order chi connectivity index (χ0) is 21.0. The van der Waals surface area contributed by atoms with Crippen LogP contribution in [0.15, 0.2) is 30.5 Å². The Balaban J connectivity index is 1.48. The van der Waals surface area contributed by atoms with Crippen LogP contribution in [0, 0.1) is 5.92 Å². The number of H-pyrrole nitrogens is 1. The smallest absolute Gasteiger partial charge is 0.326 e. The van der Waals surface area contributed by atoms with Crippen LogP contribution in [0.25, 0.3) is 10.9 Å². The van der Waals surface area contributed by atoms with E-state index in [1.807, 2.05) is 30.5 Å². The molecule has 1 aliphatic rings. The molecule has 0 radical (unpaired) electrons. The molecule has 0 aliphatic carbocycles. The van der Waals surface area contributed by atoms with E-state index >= 15 is 0 Å². The van der Waals surface area contributed by atoms with Crippen molar-refractivity contribution < 1.29 is 19.5 Å². The molecule has 1 aromatic heterocycles. The number of nitrogens with one attached hydrogen (secondary N) is 2. The minimum atomic E-state index is -1.04. The van der Waals surface area contributed by atoms with E-state index in [4.69, 9.17) is 0 Å². The van der Waals surface area contributed by atoms with Gasteiger partial charge in [0.05, 0.1) is 0 Å². The van der Waals surface area contributed by atoms with Gasteiger partial charge in [-0.2, -0.15) is 0 Å². The SMILES string of the molecule is CC(C)[C@H](NC(=O)N1CCN(C(=O)CCc2c[nH]c3ccccc23)CC1)C(=O)O. The van der Waals surface area contributed by atoms with Crippen LogP contribution in [0.2, 0.25) is 0 Å². The third kappa shape index (κ3) is 4.88. The number of fused-ring (bicyclic) bond motifs is 1. The van der Waals surface area contributed by atoms with E-state index in [0.717, 1.165) is 16.5 Å². The molecule has 8 heteroatoms. The number of amides is 3. The highest BCUT2D eigenvalue weighted by molar-refractivity contribution is 5.85. The van der Waals surface area contributed by atoms with E-state index in [2.05, 4.69) is 10.3 Å². The van der Waals surface area contributed by atoms with Gasteiger partial charge < -0.3 is 25.2 Å². The van der Waals surface area contributed by atoms with Crippen LogP contribution in [0.5, 0.6) is 0 Å². The number of piperazine rings is 1. The van der Waals surface area contributed by atoms with Crippen LogP contribution in [-0.2, 0) is 16.0 Å². The number of rotatable bonds is 6. The maximum absolute atomic E-state index is 12.6. The fourth-order valence-electron chi connectivity index (χ4n) is 3.63. The number of aryl methyl sites for hydroxylation is 1. The number of nitrogens with zero attached hydrogens (tertiary/aromatic N) is 2. The van der Waals surface area contributed by atoms with Crippen molar-refractivity contribution in [2.75, 3.05) is 26.2 Å². The topological polar surface area (TPSA) is 106 Å². The van der Waals surface area contributed by atoms with Gasteiger partial charge in [0.1, 0.15) is 6.04 Å². The number of aromatic amines is 1. The summed E-state index contributed by atoms with van der Waals surface area (Å²) >= 11 is 0. The fourth-order valence-corrected chi connectivity index (χ4v) is 3.63. The minimum absolute atomic E-state index is 0.0703. The van der Waals surface area contributed by atoms with Crippen molar-refractivity contribution in [2.24, 2.45) is 5.92 Å². The third-order valence-corrected chi connectivity index (χ3v) is 5.41. The Morgan fingerprint density at radius 2 is 1.76 bits per heavy atom. The largest absolute Gasteiger partial charge is 0.480 e. The first-order valence-electron chi connectivity index (χ1n) is 9.98. The second-order valence-corrected chi connectivity index (χ2v) is 7.74. The van der Waals surface area contributed by atoms with Crippen molar-refractivity contribution >= 4 is 28.8 Å². The fraction of sp³-hybridized carbons (Fsp3) is 0.476. The van der Waals surface area contributed by atoms with Crippen molar-refractivity contribution in [1.82, 2.24) is 20.1 Å². The van der Waals surface area contributed by atoms with E-state index in [1.165, 1.54) is 0 Å². The van der Waals surface area contributed by atoms with Gasteiger partial charge in [0, 0.05) is 49.7 Å². The molecule has 0 spiro atoms. The predicted octanol–water partition coefficient (Wildman–Crippen LogP) is 2.06. The number of para-hydroxylation sites is 1. The predicted molar refractivity (Wildman–Crippen MR) is 110 cm³/mol. The molecule has 2 heterocycles. The van der Waals surface area contributed by atoms with Crippen LogP contribution in [0.3, 0.4) is 0 Å². The molecule has 0 saturated carbocycles. The zero-order valence-corrected chi connectivity index (χ0v) is 16.9. The lowest BCUT2D eigenvalue weighted by molar-refractivity contribution is -0.140. The van der Waals surface area contributed by atoms with Gasteiger partial charge in [-0.05, 0) is 24.0 Å². The van der Waals surface area contributed by atoms with Crippen molar-refractivity contribution in [1.29, 1.82) is 0 Å². The average Bonchev–Trinajstić information content (AvgIpc) is 3.12. The van der Waals surface area contributed by atoms with Crippen molar-refractivity contribution in [2.45, 2.75) is 32.7 Å². The van der Waals surface area contributed by atoms with E-state index in [1.54, 1.807) is 23.6 Å². The highest BCUT2D eigenvalue weighted by Crippen LogP contribution is 2.19. The Morgan fingerprint density at radius 3 is 2.41 bits per heavy atom. The van der Waals surface area contributed by atoms with Crippen LogP contribution < -0.4 is 5.32 Å². The molecule has 2 aromatic rings. The zero-order valence-electron chi connectivity index (χ0n) is 16.9. The normalized spacial score (nSPS) is 15.6. The Labute approximate surface area is 169 Å². The number of carbonyl (C=O) groups is 3. The Hall–Kier alpha value is -3.03. The standard InChI is InChI=1S/C21H28N4O4/c1-14(2)19(20(27)28)23-21(29)25-11-9-24(10-12-25)18(26)8-7-15-13-22-17-6-4-3-5-16(15)17/h3-6,13-14,19,22H,7-12H2,1-2H3,(H,23,29)(H,27,28)/t19-/m0/s1. The summed E-state index contributed by atoms with van der Waals surface area (Å²) in [5, 5.41) is 12.9. The van der Waals surface area contributed by atoms with Crippen molar-refractivity contribution in [3.8, 4) is 0 Å². The first kappa shape index (κ1) is 20.7. The first-order valence-corrected chi connectivity index (χ1v) is 9.98. The highest BCUT2D eigenvalue weighted by Gasteiger charge is 2.28. The third-order valence-electron chi connectivity index (χ3n) is 5.41. The summed E-state index contributed by atoms with van der Waals surface area (Å²) in [5.41, 5.74) is 2.19. The molecule has 3 rings (SSSR count). The average molecular weight is 400 g/mol. The highest BCUT2D eigenvalue weighted by atomic mass is 16.4. The number of hydrogen-bond acceptors (Lipinski definition) is 3. The second kappa shape index (κ2) is 8.98. The van der Waals surface area contributed by atoms with Crippen LogP contribution in [-0.4, -0.2) is 70.0 Å². The number of aliphatic carboxylic acids is 1. The Morgan fingerprint density at radius 1 is 1.10 bits per heavy atom. The molecule has 8 nitrogen and oxygen atoms in total. The summed E-state index contributed by atoms with van der Waals surface area (Å²) in [7, 11) is 0. The number of carboxylic acids is 1. The molecule has 1 saturated heterocycles. The van der Waals surface area contributed by atoms with E-state index in [-0.39, 0.29) is 11.8 Å². The first-order chi connectivity index (χ1) is 13.9. The van der Waals surface area contributed by atoms with Gasteiger partial charge in [0.25, 0.3) is 0 Å². The van der Waals surface area contributed by atoms with Gasteiger partial charge in [-0.1, -0.05) is 32.0 Å². The summed E-state index contributed by atoms with van der Waals surface area (Å²) in [5.74, 6) is -1.18. The Bertz CT molecular complexity index is 884. The van der Waals surface area contributed by atoms with Gasteiger partial charge >= 0.3 is 12.0 Å². The molecule has 1 atom stereocenters. The maximum atomic E-state index is 12.6. The lowest BCUT2D eigenvalue weighted by atomic mass is 10.1. The van der Waals surface area contributed by atoms with Gasteiger partial charge in [-0.15, -0.1) is 0 Å². The molecule has 29 heavy (non-hydrogen) atoms. The second-order valence-electron chi connectivity index (χ2n) is 7.74. The summed E-state index contributed by atoms with van der Waals surface area (Å²) in [4.78, 5) is 42.8. The molecule has 1 aliphatic heterocycles. The maximum Gasteiger partial charge on any atom is 0.326 e. The summed E-state index contributed by atoms with van der Waals surface area (Å²) in [6.07, 6.45) is 3.04. The molecule has 0 unspecified atom stereocenters. The number of hydrogen-bond donors (Lipinski definition) is 3. The number of carboxylic acid groups (broad SMARTS) is 1. The number of carbonyl (C=O) groups excluding carboxylic acids is 2. The van der Waals surface area contributed by atoms with Gasteiger partial charge in [-0.25, -0.2) is 9.59 Å². The summed E-state index contributed by atoms with van der Waals surface area (Å²) in [6.45, 7) is 5.22. The van der Waals surface area contributed by atoms with Gasteiger partial charge in [0.15, 0.2) is 0 Å². The number of benzene rings is 1. The number of urea groups is 1. The van der Waals surface area contributed by atoms with Gasteiger partial charge in [-0.3, -0.25) is 4.79 Å². The molecular formula is C21H28N4O4. The van der Waals surface area contributed by atoms with Crippen LogP contribution in [0.1, 0.15) is 25.8 Å². The lowest BCUT2D eigenvalue weighted by Crippen LogP contribution is -2.56. The molecule has 1 aromatic carbocycles. The lowest BCUT2D eigenvalue weighted by Gasteiger charge is -2.35. The van der Waals surface area contributed by atoms with E-state index in [0.29, 0.717) is 39.0 Å². The molecule has 0 bridgehead atoms. The van der Waals surface area contributed by atoms with Crippen LogP contribution in [0.4, 0.5) is 4.79 Å². The summed E-state index contributed by atoms with van der Waals surface area (Å²) < 4.78 is 0. The van der Waals surface area contributed by atoms with E-state index < -0.39 is 18.0 Å². The van der Waals surface area contributed by atoms with Crippen molar-refractivity contribution in [3.05, 3.63) is 36.0 Å². The molecular weight excluding hydrogens is 372 g/mol.